The van der Waals surface area contributed by atoms with E-state index in [2.05, 4.69) is 25.9 Å². The Morgan fingerprint density at radius 2 is 2.13 bits per heavy atom. The standard InChI is InChI=1S/C10H6BrClN2O/c1-5(15)9-7-3-2-6(11)4-8(7)13-10(12)14-9/h2-4H,1H3. The number of rotatable bonds is 1. The van der Waals surface area contributed by atoms with Gasteiger partial charge in [0.15, 0.2) is 5.78 Å². The minimum Gasteiger partial charge on any atom is -0.293 e. The van der Waals surface area contributed by atoms with Crippen LogP contribution in [0, 0.1) is 0 Å². The fourth-order valence-electron chi connectivity index (χ4n) is 1.34. The van der Waals surface area contributed by atoms with Gasteiger partial charge in [-0.1, -0.05) is 15.9 Å². The molecular formula is C10H6BrClN2O. The molecule has 0 fully saturated rings. The fourth-order valence-corrected chi connectivity index (χ4v) is 1.87. The molecule has 0 radical (unpaired) electrons. The van der Waals surface area contributed by atoms with E-state index in [4.69, 9.17) is 11.6 Å². The molecule has 1 heterocycles. The normalized spacial score (nSPS) is 10.6. The summed E-state index contributed by atoms with van der Waals surface area (Å²) in [5.74, 6) is -0.119. The molecule has 0 N–H and O–H groups in total. The molecule has 0 aliphatic carbocycles. The SMILES string of the molecule is CC(=O)c1nc(Cl)nc2cc(Br)ccc12. The van der Waals surface area contributed by atoms with Crippen LogP contribution in [0.1, 0.15) is 17.4 Å². The molecule has 3 nitrogen and oxygen atoms in total. The molecule has 0 saturated carbocycles. The average Bonchev–Trinajstić information content (AvgIpc) is 2.15. The van der Waals surface area contributed by atoms with Gasteiger partial charge in [0, 0.05) is 16.8 Å². The van der Waals surface area contributed by atoms with Crippen LogP contribution in [0.25, 0.3) is 10.9 Å². The number of carbonyl (C=O) groups is 1. The van der Waals surface area contributed by atoms with Crippen LogP contribution >= 0.6 is 27.5 Å². The van der Waals surface area contributed by atoms with Gasteiger partial charge in [-0.2, -0.15) is 0 Å². The quantitative estimate of drug-likeness (QED) is 0.597. The topological polar surface area (TPSA) is 42.9 Å². The first kappa shape index (κ1) is 10.5. The van der Waals surface area contributed by atoms with E-state index < -0.39 is 0 Å². The number of fused-ring (bicyclic) bond motifs is 1. The molecular weight excluding hydrogens is 279 g/mol. The first-order valence-electron chi connectivity index (χ1n) is 4.21. The van der Waals surface area contributed by atoms with E-state index in [0.29, 0.717) is 11.2 Å². The summed E-state index contributed by atoms with van der Waals surface area (Å²) < 4.78 is 0.888. The van der Waals surface area contributed by atoms with Gasteiger partial charge in [-0.3, -0.25) is 4.79 Å². The maximum atomic E-state index is 11.3. The van der Waals surface area contributed by atoms with Crippen molar-refractivity contribution in [2.45, 2.75) is 6.92 Å². The molecule has 0 amide bonds. The number of Topliss-reactive ketones (excluding diaryl/α,β-unsaturated/α-hetero) is 1. The molecule has 0 bridgehead atoms. The van der Waals surface area contributed by atoms with Gasteiger partial charge < -0.3 is 0 Å². The molecule has 0 unspecified atom stereocenters. The van der Waals surface area contributed by atoms with Crippen LogP contribution in [0.5, 0.6) is 0 Å². The van der Waals surface area contributed by atoms with Crippen LogP contribution in [-0.2, 0) is 0 Å². The summed E-state index contributed by atoms with van der Waals surface area (Å²) in [5.41, 5.74) is 1.02. The molecule has 2 rings (SSSR count). The van der Waals surface area contributed by atoms with Crippen LogP contribution in [0.2, 0.25) is 5.28 Å². The summed E-state index contributed by atoms with van der Waals surface area (Å²) in [4.78, 5) is 19.3. The molecule has 76 valence electrons. The van der Waals surface area contributed by atoms with Crippen molar-refractivity contribution in [1.29, 1.82) is 0 Å². The molecule has 1 aromatic carbocycles. The van der Waals surface area contributed by atoms with Crippen LogP contribution in [0.3, 0.4) is 0 Å². The number of nitrogens with zero attached hydrogens (tertiary/aromatic N) is 2. The summed E-state index contributed by atoms with van der Waals surface area (Å²) in [6, 6.07) is 5.44. The van der Waals surface area contributed by atoms with Gasteiger partial charge in [0.2, 0.25) is 5.28 Å². The van der Waals surface area contributed by atoms with E-state index in [9.17, 15) is 4.79 Å². The largest absolute Gasteiger partial charge is 0.293 e. The van der Waals surface area contributed by atoms with Crippen LogP contribution < -0.4 is 0 Å². The van der Waals surface area contributed by atoms with Crippen molar-refractivity contribution >= 4 is 44.2 Å². The van der Waals surface area contributed by atoms with E-state index in [0.717, 1.165) is 9.86 Å². The molecule has 0 saturated heterocycles. The van der Waals surface area contributed by atoms with Crippen LogP contribution in [-0.4, -0.2) is 15.8 Å². The van der Waals surface area contributed by atoms with Gasteiger partial charge in [-0.25, -0.2) is 9.97 Å². The third-order valence-electron chi connectivity index (χ3n) is 1.97. The highest BCUT2D eigenvalue weighted by atomic mass is 79.9. The zero-order valence-corrected chi connectivity index (χ0v) is 10.1. The predicted molar refractivity (Wildman–Crippen MR) is 62.3 cm³/mol. The minimum absolute atomic E-state index is 0.0887. The van der Waals surface area contributed by atoms with Gasteiger partial charge in [-0.05, 0) is 29.8 Å². The number of carbonyl (C=O) groups excluding carboxylic acids is 1. The Bertz CT molecular complexity index is 551. The molecule has 2 aromatic rings. The lowest BCUT2D eigenvalue weighted by atomic mass is 10.1. The van der Waals surface area contributed by atoms with Gasteiger partial charge in [0.25, 0.3) is 0 Å². The first-order valence-corrected chi connectivity index (χ1v) is 5.39. The lowest BCUT2D eigenvalue weighted by Gasteiger charge is -2.02. The van der Waals surface area contributed by atoms with Crippen molar-refractivity contribution in [3.8, 4) is 0 Å². The number of hydrogen-bond acceptors (Lipinski definition) is 3. The van der Waals surface area contributed by atoms with Crippen molar-refractivity contribution in [3.63, 3.8) is 0 Å². The Labute approximate surface area is 99.6 Å². The van der Waals surface area contributed by atoms with E-state index in [1.54, 1.807) is 12.1 Å². The van der Waals surface area contributed by atoms with Gasteiger partial charge in [-0.15, -0.1) is 0 Å². The van der Waals surface area contributed by atoms with Crippen LogP contribution in [0.15, 0.2) is 22.7 Å². The van der Waals surface area contributed by atoms with Gasteiger partial charge in [0.05, 0.1) is 5.52 Å². The fraction of sp³-hybridized carbons (Fsp3) is 0.100. The summed E-state index contributed by atoms with van der Waals surface area (Å²) >= 11 is 9.06. The van der Waals surface area contributed by atoms with Crippen molar-refractivity contribution < 1.29 is 4.79 Å². The number of hydrogen-bond donors (Lipinski definition) is 0. The molecule has 0 aliphatic heterocycles. The zero-order valence-electron chi connectivity index (χ0n) is 7.79. The molecule has 5 heteroatoms. The second-order valence-corrected chi connectivity index (χ2v) is 4.31. The average molecular weight is 286 g/mol. The van der Waals surface area contributed by atoms with Crippen LogP contribution in [0.4, 0.5) is 0 Å². The summed E-state index contributed by atoms with van der Waals surface area (Å²) in [6.07, 6.45) is 0. The third kappa shape index (κ3) is 2.01. The summed E-state index contributed by atoms with van der Waals surface area (Å²) in [7, 11) is 0. The number of halogens is 2. The van der Waals surface area contributed by atoms with E-state index in [-0.39, 0.29) is 11.1 Å². The van der Waals surface area contributed by atoms with E-state index >= 15 is 0 Å². The Balaban J connectivity index is 2.86. The second kappa shape index (κ2) is 3.87. The number of benzene rings is 1. The molecule has 1 aromatic heterocycles. The van der Waals surface area contributed by atoms with Crippen molar-refractivity contribution in [1.82, 2.24) is 9.97 Å². The summed E-state index contributed by atoms with van der Waals surface area (Å²) in [6.45, 7) is 1.46. The third-order valence-corrected chi connectivity index (χ3v) is 2.63. The maximum absolute atomic E-state index is 11.3. The number of aromatic nitrogens is 2. The highest BCUT2D eigenvalue weighted by Crippen LogP contribution is 2.22. The number of ketones is 1. The van der Waals surface area contributed by atoms with Crippen molar-refractivity contribution in [2.24, 2.45) is 0 Å². The first-order chi connectivity index (χ1) is 7.08. The van der Waals surface area contributed by atoms with Crippen molar-refractivity contribution in [3.05, 3.63) is 33.6 Å². The minimum atomic E-state index is -0.119. The summed E-state index contributed by atoms with van der Waals surface area (Å²) in [5, 5.41) is 0.806. The Morgan fingerprint density at radius 1 is 1.40 bits per heavy atom. The molecule has 0 atom stereocenters. The monoisotopic (exact) mass is 284 g/mol. The van der Waals surface area contributed by atoms with Crippen molar-refractivity contribution in [2.75, 3.05) is 0 Å². The molecule has 0 aliphatic rings. The predicted octanol–water partition coefficient (Wildman–Crippen LogP) is 3.25. The van der Waals surface area contributed by atoms with E-state index in [1.165, 1.54) is 6.92 Å². The Hall–Kier alpha value is -1.000. The highest BCUT2D eigenvalue weighted by molar-refractivity contribution is 9.10. The molecule has 0 spiro atoms. The zero-order chi connectivity index (χ0) is 11.0. The maximum Gasteiger partial charge on any atom is 0.223 e. The Morgan fingerprint density at radius 3 is 2.80 bits per heavy atom. The Kier molecular flexibility index (Phi) is 2.71. The smallest absolute Gasteiger partial charge is 0.223 e. The highest BCUT2D eigenvalue weighted by Gasteiger charge is 2.10. The lowest BCUT2D eigenvalue weighted by molar-refractivity contribution is 0.101. The van der Waals surface area contributed by atoms with Gasteiger partial charge >= 0.3 is 0 Å². The van der Waals surface area contributed by atoms with E-state index in [1.807, 2.05) is 6.07 Å². The second-order valence-electron chi connectivity index (χ2n) is 3.06. The molecule has 15 heavy (non-hydrogen) atoms. The van der Waals surface area contributed by atoms with Gasteiger partial charge in [0.1, 0.15) is 5.69 Å². The lowest BCUT2D eigenvalue weighted by Crippen LogP contribution is -2.00.